The van der Waals surface area contributed by atoms with Gasteiger partial charge in [0.15, 0.2) is 0 Å². The number of carbonyl (C=O) groups excluding carboxylic acids is 1. The van der Waals surface area contributed by atoms with Gasteiger partial charge < -0.3 is 5.32 Å². The number of halogens is 1. The first-order valence-electron chi connectivity index (χ1n) is 6.92. The summed E-state index contributed by atoms with van der Waals surface area (Å²) in [5, 5.41) is 2.96. The van der Waals surface area contributed by atoms with Crippen LogP contribution in [0, 0.1) is 5.41 Å². The van der Waals surface area contributed by atoms with Crippen LogP contribution in [-0.4, -0.2) is 12.5 Å². The Morgan fingerprint density at radius 1 is 1.37 bits per heavy atom. The minimum Gasteiger partial charge on any atom is -0.352 e. The topological polar surface area (TPSA) is 29.1 Å². The Hall–Kier alpha value is -0.830. The standard InChI is InChI=1S/C16H22BrNO/c1-16(2,3)10-14(17)12-7-6-11-5-4-8-18-15(19)13(11)9-12/h6-7,9,14H,4-5,8,10H2,1-3H3,(H,18,19). The van der Waals surface area contributed by atoms with Gasteiger partial charge in [0.25, 0.3) is 5.91 Å². The molecule has 3 heteroatoms. The second-order valence-electron chi connectivity index (χ2n) is 6.51. The highest BCUT2D eigenvalue weighted by atomic mass is 79.9. The van der Waals surface area contributed by atoms with Crippen LogP contribution in [0.25, 0.3) is 0 Å². The van der Waals surface area contributed by atoms with Crippen LogP contribution in [0.15, 0.2) is 18.2 Å². The summed E-state index contributed by atoms with van der Waals surface area (Å²) < 4.78 is 0. The zero-order valence-electron chi connectivity index (χ0n) is 11.9. The van der Waals surface area contributed by atoms with Crippen molar-refractivity contribution in [2.45, 2.75) is 44.9 Å². The predicted octanol–water partition coefficient (Wildman–Crippen LogP) is 4.23. The molecule has 0 saturated heterocycles. The van der Waals surface area contributed by atoms with E-state index >= 15 is 0 Å². The summed E-state index contributed by atoms with van der Waals surface area (Å²) >= 11 is 3.76. The number of fused-ring (bicyclic) bond motifs is 1. The van der Waals surface area contributed by atoms with E-state index in [9.17, 15) is 4.79 Å². The fourth-order valence-electron chi connectivity index (χ4n) is 2.45. The van der Waals surface area contributed by atoms with Crippen LogP contribution in [0.1, 0.15) is 59.9 Å². The minimum atomic E-state index is 0.0739. The van der Waals surface area contributed by atoms with Crippen LogP contribution in [0.5, 0.6) is 0 Å². The second-order valence-corrected chi connectivity index (χ2v) is 7.61. The molecule has 1 aliphatic rings. The van der Waals surface area contributed by atoms with Crippen molar-refractivity contribution in [1.82, 2.24) is 5.32 Å². The number of carbonyl (C=O) groups is 1. The summed E-state index contributed by atoms with van der Waals surface area (Å²) in [6.07, 6.45) is 3.06. The first-order valence-corrected chi connectivity index (χ1v) is 7.83. The molecule has 1 aromatic rings. The number of alkyl halides is 1. The lowest BCUT2D eigenvalue weighted by atomic mass is 9.88. The molecular weight excluding hydrogens is 302 g/mol. The molecule has 1 amide bonds. The van der Waals surface area contributed by atoms with Crippen molar-refractivity contribution in [1.29, 1.82) is 0 Å². The highest BCUT2D eigenvalue weighted by Gasteiger charge is 2.21. The fourth-order valence-corrected chi connectivity index (χ4v) is 3.71. The molecule has 19 heavy (non-hydrogen) atoms. The van der Waals surface area contributed by atoms with E-state index in [1.165, 1.54) is 11.1 Å². The molecule has 2 nitrogen and oxygen atoms in total. The van der Waals surface area contributed by atoms with E-state index in [-0.39, 0.29) is 11.3 Å². The number of benzene rings is 1. The summed E-state index contributed by atoms with van der Waals surface area (Å²) in [5.74, 6) is 0.0739. The maximum atomic E-state index is 12.0. The van der Waals surface area contributed by atoms with Gasteiger partial charge in [-0.05, 0) is 41.9 Å². The van der Waals surface area contributed by atoms with Gasteiger partial charge in [0.1, 0.15) is 0 Å². The van der Waals surface area contributed by atoms with Crippen LogP contribution in [0.4, 0.5) is 0 Å². The van der Waals surface area contributed by atoms with E-state index in [2.05, 4.69) is 60.2 Å². The molecule has 1 unspecified atom stereocenters. The second kappa shape index (κ2) is 5.66. The Kier molecular flexibility index (Phi) is 4.34. The lowest BCUT2D eigenvalue weighted by Gasteiger charge is -2.23. The maximum absolute atomic E-state index is 12.0. The number of rotatable bonds is 2. The lowest BCUT2D eigenvalue weighted by Crippen LogP contribution is -2.22. The highest BCUT2D eigenvalue weighted by Crippen LogP contribution is 2.36. The zero-order valence-corrected chi connectivity index (χ0v) is 13.5. The molecule has 0 aromatic heterocycles. The van der Waals surface area contributed by atoms with Crippen molar-refractivity contribution in [2.24, 2.45) is 5.41 Å². The average Bonchev–Trinajstić information content (AvgIpc) is 2.49. The lowest BCUT2D eigenvalue weighted by molar-refractivity contribution is 0.0956. The fraction of sp³-hybridized carbons (Fsp3) is 0.562. The Balaban J connectivity index is 2.27. The highest BCUT2D eigenvalue weighted by molar-refractivity contribution is 9.09. The van der Waals surface area contributed by atoms with Crippen LogP contribution in [0.2, 0.25) is 0 Å². The summed E-state index contributed by atoms with van der Waals surface area (Å²) in [4.78, 5) is 12.3. The number of hydrogen-bond donors (Lipinski definition) is 1. The molecule has 0 radical (unpaired) electrons. The molecule has 1 atom stereocenters. The van der Waals surface area contributed by atoms with Crippen molar-refractivity contribution >= 4 is 21.8 Å². The van der Waals surface area contributed by atoms with Gasteiger partial charge in [0.2, 0.25) is 0 Å². The SMILES string of the molecule is CC(C)(C)CC(Br)c1ccc2c(c1)C(=O)NCCC2. The molecule has 104 valence electrons. The van der Waals surface area contributed by atoms with Gasteiger partial charge in [-0.25, -0.2) is 0 Å². The van der Waals surface area contributed by atoms with Gasteiger partial charge in [-0.15, -0.1) is 0 Å². The van der Waals surface area contributed by atoms with Gasteiger partial charge in [-0.2, -0.15) is 0 Å². The number of hydrogen-bond acceptors (Lipinski definition) is 1. The zero-order chi connectivity index (χ0) is 14.0. The number of amides is 1. The third kappa shape index (κ3) is 3.82. The summed E-state index contributed by atoms with van der Waals surface area (Å²) in [6, 6.07) is 6.33. The first-order chi connectivity index (χ1) is 8.87. The van der Waals surface area contributed by atoms with Gasteiger partial charge in [0.05, 0.1) is 0 Å². The van der Waals surface area contributed by atoms with Crippen molar-refractivity contribution in [3.05, 3.63) is 34.9 Å². The molecule has 1 heterocycles. The van der Waals surface area contributed by atoms with Crippen LogP contribution in [0.3, 0.4) is 0 Å². The molecule has 2 rings (SSSR count). The molecule has 1 aromatic carbocycles. The third-order valence-corrected chi connectivity index (χ3v) is 4.29. The monoisotopic (exact) mass is 323 g/mol. The molecule has 0 bridgehead atoms. The van der Waals surface area contributed by atoms with E-state index in [1.54, 1.807) is 0 Å². The molecule has 0 fully saturated rings. The smallest absolute Gasteiger partial charge is 0.251 e. The van der Waals surface area contributed by atoms with Crippen molar-refractivity contribution < 1.29 is 4.79 Å². The molecule has 0 spiro atoms. The van der Waals surface area contributed by atoms with E-state index in [4.69, 9.17) is 0 Å². The van der Waals surface area contributed by atoms with Gasteiger partial charge in [0, 0.05) is 16.9 Å². The summed E-state index contributed by atoms with van der Waals surface area (Å²) in [6.45, 7) is 7.48. The normalized spacial score (nSPS) is 17.4. The van der Waals surface area contributed by atoms with Crippen LogP contribution < -0.4 is 5.32 Å². The summed E-state index contributed by atoms with van der Waals surface area (Å²) in [5.41, 5.74) is 3.50. The van der Waals surface area contributed by atoms with Crippen LogP contribution in [-0.2, 0) is 6.42 Å². The number of aryl methyl sites for hydroxylation is 1. The summed E-state index contributed by atoms with van der Waals surface area (Å²) in [7, 11) is 0. The minimum absolute atomic E-state index is 0.0739. The Morgan fingerprint density at radius 2 is 2.11 bits per heavy atom. The van der Waals surface area contributed by atoms with E-state index < -0.39 is 0 Å². The van der Waals surface area contributed by atoms with Gasteiger partial charge in [-0.1, -0.05) is 48.8 Å². The van der Waals surface area contributed by atoms with Crippen molar-refractivity contribution in [3.8, 4) is 0 Å². The van der Waals surface area contributed by atoms with E-state index in [1.807, 2.05) is 0 Å². The van der Waals surface area contributed by atoms with Gasteiger partial charge >= 0.3 is 0 Å². The van der Waals surface area contributed by atoms with Crippen molar-refractivity contribution in [2.75, 3.05) is 6.54 Å². The Morgan fingerprint density at radius 3 is 2.79 bits per heavy atom. The Labute approximate surface area is 124 Å². The quantitative estimate of drug-likeness (QED) is 0.810. The number of nitrogens with one attached hydrogen (secondary N) is 1. The van der Waals surface area contributed by atoms with E-state index in [0.717, 1.165) is 31.4 Å². The molecule has 1 N–H and O–H groups in total. The van der Waals surface area contributed by atoms with Crippen molar-refractivity contribution in [3.63, 3.8) is 0 Å². The van der Waals surface area contributed by atoms with E-state index in [0.29, 0.717) is 4.83 Å². The molecule has 1 aliphatic heterocycles. The maximum Gasteiger partial charge on any atom is 0.251 e. The molecule has 0 aliphatic carbocycles. The molecule has 0 saturated carbocycles. The Bertz CT molecular complexity index is 476. The van der Waals surface area contributed by atoms with Crippen LogP contribution >= 0.6 is 15.9 Å². The molecular formula is C16H22BrNO. The average molecular weight is 324 g/mol. The first kappa shape index (κ1) is 14.6. The predicted molar refractivity (Wildman–Crippen MR) is 82.8 cm³/mol. The third-order valence-electron chi connectivity index (χ3n) is 3.44. The largest absolute Gasteiger partial charge is 0.352 e. The van der Waals surface area contributed by atoms with Gasteiger partial charge in [-0.3, -0.25) is 4.79 Å².